The molecule has 0 saturated heterocycles. The first kappa shape index (κ1) is 17.2. The van der Waals surface area contributed by atoms with Crippen molar-refractivity contribution >= 4 is 17.9 Å². The van der Waals surface area contributed by atoms with Gasteiger partial charge in [0, 0.05) is 13.0 Å². The minimum absolute atomic E-state index is 0.0437. The molecule has 8 heteroatoms. The number of amides is 3. The summed E-state index contributed by atoms with van der Waals surface area (Å²) in [6.45, 7) is 4.43. The molecular formula is C11H21N3O5. The fourth-order valence-corrected chi connectivity index (χ4v) is 1.30. The van der Waals surface area contributed by atoms with Gasteiger partial charge in [-0.3, -0.25) is 4.79 Å². The average Bonchev–Trinajstić information content (AvgIpc) is 2.31. The van der Waals surface area contributed by atoms with Crippen molar-refractivity contribution in [1.82, 2.24) is 10.6 Å². The third kappa shape index (κ3) is 8.83. The topological polar surface area (TPSA) is 131 Å². The maximum absolute atomic E-state index is 11.5. The van der Waals surface area contributed by atoms with Crippen LogP contribution in [0.1, 0.15) is 26.7 Å². The molecule has 0 radical (unpaired) electrons. The number of carbonyl (C=O) groups is 3. The van der Waals surface area contributed by atoms with E-state index in [1.54, 1.807) is 6.92 Å². The standard InChI is InChI=1S/C11H21N3O5/c1-3-19-6-7(2)13-11(18)14-8(10(16)17)4-5-9(12)15/h7-8H,3-6H2,1-2H3,(H2,12,15)(H,16,17)(H2,13,14,18)/t7?,8-/m1/s1. The number of carbonyl (C=O) groups excluding carboxylic acids is 2. The molecule has 3 amide bonds. The molecule has 8 nitrogen and oxygen atoms in total. The molecule has 0 heterocycles. The van der Waals surface area contributed by atoms with Crippen molar-refractivity contribution in [2.45, 2.75) is 38.8 Å². The van der Waals surface area contributed by atoms with Gasteiger partial charge in [0.2, 0.25) is 5.91 Å². The van der Waals surface area contributed by atoms with E-state index in [1.165, 1.54) is 0 Å². The van der Waals surface area contributed by atoms with Crippen LogP contribution in [0.15, 0.2) is 0 Å². The fourth-order valence-electron chi connectivity index (χ4n) is 1.30. The average molecular weight is 275 g/mol. The van der Waals surface area contributed by atoms with E-state index in [-0.39, 0.29) is 18.9 Å². The number of rotatable bonds is 9. The summed E-state index contributed by atoms with van der Waals surface area (Å²) >= 11 is 0. The number of carboxylic acids is 1. The van der Waals surface area contributed by atoms with Crippen LogP contribution in [0.2, 0.25) is 0 Å². The minimum atomic E-state index is -1.21. The Kier molecular flexibility index (Phi) is 8.27. The molecule has 0 aromatic heterocycles. The Hall–Kier alpha value is -1.83. The highest BCUT2D eigenvalue weighted by Gasteiger charge is 2.21. The second-order valence-corrected chi connectivity index (χ2v) is 4.07. The summed E-state index contributed by atoms with van der Waals surface area (Å²) in [6, 6.07) is -2.01. The normalized spacial score (nSPS) is 13.4. The van der Waals surface area contributed by atoms with Crippen molar-refractivity contribution < 1.29 is 24.2 Å². The number of nitrogens with two attached hydrogens (primary N) is 1. The van der Waals surface area contributed by atoms with E-state index < -0.39 is 23.9 Å². The van der Waals surface area contributed by atoms with E-state index >= 15 is 0 Å². The van der Waals surface area contributed by atoms with Crippen molar-refractivity contribution in [3.63, 3.8) is 0 Å². The second-order valence-electron chi connectivity index (χ2n) is 4.07. The number of nitrogens with one attached hydrogen (secondary N) is 2. The van der Waals surface area contributed by atoms with Crippen LogP contribution in [0.25, 0.3) is 0 Å². The third-order valence-electron chi connectivity index (χ3n) is 2.23. The monoisotopic (exact) mass is 275 g/mol. The Bertz CT molecular complexity index is 321. The van der Waals surface area contributed by atoms with Crippen LogP contribution in [-0.4, -0.2) is 48.3 Å². The van der Waals surface area contributed by atoms with Crippen molar-refractivity contribution in [3.8, 4) is 0 Å². The minimum Gasteiger partial charge on any atom is -0.480 e. The molecule has 0 aliphatic heterocycles. The molecule has 5 N–H and O–H groups in total. The lowest BCUT2D eigenvalue weighted by molar-refractivity contribution is -0.139. The number of urea groups is 1. The van der Waals surface area contributed by atoms with Gasteiger partial charge < -0.3 is 26.2 Å². The largest absolute Gasteiger partial charge is 0.480 e. The number of hydrogen-bond acceptors (Lipinski definition) is 4. The van der Waals surface area contributed by atoms with Crippen LogP contribution in [-0.2, 0) is 14.3 Å². The van der Waals surface area contributed by atoms with E-state index in [4.69, 9.17) is 15.6 Å². The molecule has 0 saturated carbocycles. The van der Waals surface area contributed by atoms with Gasteiger partial charge in [0.1, 0.15) is 6.04 Å². The summed E-state index contributed by atoms with van der Waals surface area (Å²) in [5, 5.41) is 13.7. The molecule has 0 spiro atoms. The van der Waals surface area contributed by atoms with E-state index in [0.717, 1.165) is 0 Å². The summed E-state index contributed by atoms with van der Waals surface area (Å²) in [7, 11) is 0. The lowest BCUT2D eigenvalue weighted by atomic mass is 10.1. The highest BCUT2D eigenvalue weighted by atomic mass is 16.5. The summed E-state index contributed by atoms with van der Waals surface area (Å²) in [5.41, 5.74) is 4.93. The van der Waals surface area contributed by atoms with Crippen LogP contribution in [0, 0.1) is 0 Å². The van der Waals surface area contributed by atoms with Crippen LogP contribution >= 0.6 is 0 Å². The quantitative estimate of drug-likeness (QED) is 0.447. The Labute approximate surface area is 111 Å². The van der Waals surface area contributed by atoms with E-state index in [2.05, 4.69) is 10.6 Å². The lowest BCUT2D eigenvalue weighted by Gasteiger charge is -2.18. The van der Waals surface area contributed by atoms with Gasteiger partial charge in [-0.05, 0) is 20.3 Å². The Morgan fingerprint density at radius 1 is 1.32 bits per heavy atom. The summed E-state index contributed by atoms with van der Waals surface area (Å²) in [4.78, 5) is 33.0. The zero-order chi connectivity index (χ0) is 14.8. The molecule has 0 bridgehead atoms. The summed E-state index contributed by atoms with van der Waals surface area (Å²) < 4.78 is 5.11. The first-order chi connectivity index (χ1) is 8.86. The number of aliphatic carboxylic acids is 1. The lowest BCUT2D eigenvalue weighted by Crippen LogP contribution is -2.49. The molecule has 0 aliphatic carbocycles. The number of primary amides is 1. The smallest absolute Gasteiger partial charge is 0.326 e. The van der Waals surface area contributed by atoms with Gasteiger partial charge in [-0.15, -0.1) is 0 Å². The van der Waals surface area contributed by atoms with Crippen LogP contribution in [0.5, 0.6) is 0 Å². The SMILES string of the molecule is CCOCC(C)NC(=O)N[C@H](CCC(N)=O)C(=O)O. The van der Waals surface area contributed by atoms with Gasteiger partial charge in [0.25, 0.3) is 0 Å². The number of hydrogen-bond donors (Lipinski definition) is 4. The van der Waals surface area contributed by atoms with E-state index in [9.17, 15) is 14.4 Å². The second kappa shape index (κ2) is 9.15. The molecule has 0 aliphatic rings. The van der Waals surface area contributed by atoms with Crippen molar-refractivity contribution in [2.24, 2.45) is 5.73 Å². The predicted molar refractivity (Wildman–Crippen MR) is 67.5 cm³/mol. The Morgan fingerprint density at radius 2 is 1.95 bits per heavy atom. The number of ether oxygens (including phenoxy) is 1. The van der Waals surface area contributed by atoms with Gasteiger partial charge in [-0.1, -0.05) is 0 Å². The first-order valence-corrected chi connectivity index (χ1v) is 6.02. The molecule has 2 atom stereocenters. The van der Waals surface area contributed by atoms with Gasteiger partial charge in [-0.2, -0.15) is 0 Å². The predicted octanol–water partition coefficient (Wildman–Crippen LogP) is -0.571. The Morgan fingerprint density at radius 3 is 2.42 bits per heavy atom. The zero-order valence-corrected chi connectivity index (χ0v) is 11.1. The molecule has 0 aromatic carbocycles. The first-order valence-electron chi connectivity index (χ1n) is 6.02. The van der Waals surface area contributed by atoms with Gasteiger partial charge in [0.15, 0.2) is 0 Å². The van der Waals surface area contributed by atoms with Gasteiger partial charge in [-0.25, -0.2) is 9.59 Å². The Balaban J connectivity index is 4.16. The fraction of sp³-hybridized carbons (Fsp3) is 0.727. The third-order valence-corrected chi connectivity index (χ3v) is 2.23. The van der Waals surface area contributed by atoms with Crippen molar-refractivity contribution in [2.75, 3.05) is 13.2 Å². The molecule has 19 heavy (non-hydrogen) atoms. The molecular weight excluding hydrogens is 254 g/mol. The van der Waals surface area contributed by atoms with E-state index in [0.29, 0.717) is 13.2 Å². The van der Waals surface area contributed by atoms with E-state index in [1.807, 2.05) is 6.92 Å². The maximum Gasteiger partial charge on any atom is 0.326 e. The summed E-state index contributed by atoms with van der Waals surface area (Å²) in [6.07, 6.45) is -0.149. The molecule has 1 unspecified atom stereocenters. The highest BCUT2D eigenvalue weighted by Crippen LogP contribution is 1.97. The van der Waals surface area contributed by atoms with Crippen molar-refractivity contribution in [1.29, 1.82) is 0 Å². The molecule has 0 aromatic rings. The van der Waals surface area contributed by atoms with Crippen LogP contribution < -0.4 is 16.4 Å². The van der Waals surface area contributed by atoms with Gasteiger partial charge in [0.05, 0.1) is 12.6 Å². The number of carboxylic acid groups (broad SMARTS) is 1. The van der Waals surface area contributed by atoms with Crippen molar-refractivity contribution in [3.05, 3.63) is 0 Å². The maximum atomic E-state index is 11.5. The highest BCUT2D eigenvalue weighted by molar-refractivity contribution is 5.83. The molecule has 0 rings (SSSR count). The summed E-state index contributed by atoms with van der Waals surface area (Å²) in [5.74, 6) is -1.83. The zero-order valence-electron chi connectivity index (χ0n) is 11.1. The molecule has 0 fully saturated rings. The van der Waals surface area contributed by atoms with Crippen LogP contribution in [0.4, 0.5) is 4.79 Å². The molecule has 110 valence electrons. The van der Waals surface area contributed by atoms with Crippen LogP contribution in [0.3, 0.4) is 0 Å². The van der Waals surface area contributed by atoms with Gasteiger partial charge >= 0.3 is 12.0 Å².